The van der Waals surface area contributed by atoms with E-state index in [1.807, 2.05) is 18.2 Å². The molecule has 9 heteroatoms. The van der Waals surface area contributed by atoms with Gasteiger partial charge in [-0.2, -0.15) is 5.01 Å². The Hall–Kier alpha value is -2.36. The summed E-state index contributed by atoms with van der Waals surface area (Å²) >= 11 is 0. The second-order valence-corrected chi connectivity index (χ2v) is 8.62. The smallest absolute Gasteiger partial charge is 0.339 e. The predicted octanol–water partition coefficient (Wildman–Crippen LogP) is 2.18. The highest BCUT2D eigenvalue weighted by Crippen LogP contribution is 2.38. The summed E-state index contributed by atoms with van der Waals surface area (Å²) < 4.78 is 17.0. The van der Waals surface area contributed by atoms with Gasteiger partial charge in [0.15, 0.2) is 11.5 Å². The van der Waals surface area contributed by atoms with Crippen LogP contribution in [0.1, 0.15) is 43.7 Å². The number of imide groups is 1. The average molecular weight is 447 g/mol. The Morgan fingerprint density at radius 1 is 1.19 bits per heavy atom. The lowest BCUT2D eigenvalue weighted by Crippen LogP contribution is -2.49. The molecule has 3 fully saturated rings. The molecule has 9 nitrogen and oxygen atoms in total. The number of amides is 3. The number of methoxy groups -OCH3 is 1. The van der Waals surface area contributed by atoms with Gasteiger partial charge in [-0.3, -0.25) is 9.69 Å². The maximum atomic E-state index is 12.7. The summed E-state index contributed by atoms with van der Waals surface area (Å²) in [5, 5.41) is 5.81. The Balaban J connectivity index is 1.39. The van der Waals surface area contributed by atoms with E-state index in [-0.39, 0.29) is 30.5 Å². The molecule has 2 heterocycles. The van der Waals surface area contributed by atoms with E-state index in [0.29, 0.717) is 18.0 Å². The molecule has 3 amide bonds. The summed E-state index contributed by atoms with van der Waals surface area (Å²) in [7, 11) is 3.41. The maximum Gasteiger partial charge on any atom is 0.339 e. The van der Waals surface area contributed by atoms with Crippen LogP contribution in [0.4, 0.5) is 4.79 Å². The van der Waals surface area contributed by atoms with Crippen molar-refractivity contribution in [1.29, 1.82) is 0 Å². The Bertz CT molecular complexity index is 808. The van der Waals surface area contributed by atoms with Crippen molar-refractivity contribution >= 4 is 11.9 Å². The molecule has 4 rings (SSSR count). The van der Waals surface area contributed by atoms with Gasteiger partial charge in [0.25, 0.3) is 0 Å². The molecule has 0 spiro atoms. The Morgan fingerprint density at radius 3 is 2.66 bits per heavy atom. The van der Waals surface area contributed by atoms with Gasteiger partial charge in [0.2, 0.25) is 5.91 Å². The summed E-state index contributed by atoms with van der Waals surface area (Å²) in [5.41, 5.74) is 0.929. The number of nitrogens with zero attached hydrogens (tertiary/aromatic N) is 3. The van der Waals surface area contributed by atoms with Crippen molar-refractivity contribution in [2.75, 3.05) is 53.6 Å². The first kappa shape index (κ1) is 22.8. The van der Waals surface area contributed by atoms with E-state index in [2.05, 4.69) is 10.2 Å². The van der Waals surface area contributed by atoms with E-state index in [1.165, 1.54) is 17.9 Å². The molecule has 1 aromatic carbocycles. The van der Waals surface area contributed by atoms with Gasteiger partial charge in [-0.05, 0) is 43.4 Å². The summed E-state index contributed by atoms with van der Waals surface area (Å²) in [6.45, 7) is 4.40. The third-order valence-electron chi connectivity index (χ3n) is 6.54. The van der Waals surface area contributed by atoms with Crippen LogP contribution >= 0.6 is 0 Å². The second-order valence-electron chi connectivity index (χ2n) is 8.62. The van der Waals surface area contributed by atoms with E-state index >= 15 is 0 Å². The fraction of sp³-hybridized carbons (Fsp3) is 0.652. The van der Waals surface area contributed by atoms with Crippen molar-refractivity contribution in [3.05, 3.63) is 23.8 Å². The number of hydrazine groups is 1. The minimum absolute atomic E-state index is 0.204. The number of rotatable bonds is 7. The quantitative estimate of drug-likeness (QED) is 0.687. The molecule has 0 aromatic heterocycles. The lowest BCUT2D eigenvalue weighted by atomic mass is 10.0. The van der Waals surface area contributed by atoms with Crippen molar-refractivity contribution < 1.29 is 23.8 Å². The molecule has 32 heavy (non-hydrogen) atoms. The Morgan fingerprint density at radius 2 is 1.94 bits per heavy atom. The molecule has 1 saturated carbocycles. The highest BCUT2D eigenvalue weighted by atomic mass is 16.5. The van der Waals surface area contributed by atoms with Crippen LogP contribution in [0.15, 0.2) is 18.2 Å². The Labute approximate surface area is 189 Å². The van der Waals surface area contributed by atoms with E-state index < -0.39 is 0 Å². The molecular formula is C23H34N4O5. The van der Waals surface area contributed by atoms with Crippen LogP contribution in [-0.4, -0.2) is 86.5 Å². The van der Waals surface area contributed by atoms with Crippen LogP contribution in [0.2, 0.25) is 0 Å². The van der Waals surface area contributed by atoms with Gasteiger partial charge in [-0.15, -0.1) is 0 Å². The van der Waals surface area contributed by atoms with Crippen LogP contribution in [0, 0.1) is 0 Å². The van der Waals surface area contributed by atoms with Crippen molar-refractivity contribution in [1.82, 2.24) is 20.2 Å². The number of benzene rings is 1. The lowest BCUT2D eigenvalue weighted by Gasteiger charge is -2.29. The first-order chi connectivity index (χ1) is 15.6. The number of hydrogen-bond donors (Lipinski definition) is 1. The van der Waals surface area contributed by atoms with Gasteiger partial charge in [0, 0.05) is 33.2 Å². The van der Waals surface area contributed by atoms with Gasteiger partial charge in [-0.25, -0.2) is 9.80 Å². The number of ether oxygens (including phenoxy) is 3. The van der Waals surface area contributed by atoms with Crippen LogP contribution in [0.5, 0.6) is 11.5 Å². The van der Waals surface area contributed by atoms with Gasteiger partial charge in [0.05, 0.1) is 38.9 Å². The average Bonchev–Trinajstić information content (AvgIpc) is 3.41. The molecule has 1 atom stereocenters. The van der Waals surface area contributed by atoms with E-state index in [9.17, 15) is 9.59 Å². The second kappa shape index (κ2) is 10.5. The van der Waals surface area contributed by atoms with Crippen LogP contribution in [-0.2, 0) is 9.53 Å². The molecular weight excluding hydrogens is 412 g/mol. The van der Waals surface area contributed by atoms with Crippen LogP contribution in [0.3, 0.4) is 0 Å². The largest absolute Gasteiger partial charge is 0.493 e. The monoisotopic (exact) mass is 446 g/mol. The molecule has 2 aliphatic heterocycles. The van der Waals surface area contributed by atoms with Crippen molar-refractivity contribution in [3.63, 3.8) is 0 Å². The van der Waals surface area contributed by atoms with Gasteiger partial charge >= 0.3 is 6.03 Å². The zero-order valence-corrected chi connectivity index (χ0v) is 19.0. The minimum atomic E-state index is -0.385. The topological polar surface area (TPSA) is 83.6 Å². The SMILES string of the molecule is COc1ccc(C2CC(=O)N(C(=O)NCCN3CCOCC3)N2C)cc1OC1CCCC1. The van der Waals surface area contributed by atoms with Crippen LogP contribution in [0.25, 0.3) is 0 Å². The summed E-state index contributed by atoms with van der Waals surface area (Å²) in [6.07, 6.45) is 4.91. The standard InChI is InChI=1S/C23H34N4O5/c1-25-19(17-7-8-20(30-2)21(15-17)32-18-5-3-4-6-18)16-22(28)27(25)23(29)24-9-10-26-11-13-31-14-12-26/h7-8,15,18-19H,3-6,9-14,16H2,1-2H3,(H,24,29). The first-order valence-electron chi connectivity index (χ1n) is 11.5. The molecule has 2 saturated heterocycles. The third kappa shape index (κ3) is 5.16. The number of nitrogens with one attached hydrogen (secondary N) is 1. The fourth-order valence-electron chi connectivity index (χ4n) is 4.69. The molecule has 3 aliphatic rings. The Kier molecular flexibility index (Phi) is 7.49. The van der Waals surface area contributed by atoms with Gasteiger partial charge < -0.3 is 19.5 Å². The van der Waals surface area contributed by atoms with Crippen LogP contribution < -0.4 is 14.8 Å². The summed E-state index contributed by atoms with van der Waals surface area (Å²) in [5.74, 6) is 1.17. The fourth-order valence-corrected chi connectivity index (χ4v) is 4.69. The van der Waals surface area contributed by atoms with Gasteiger partial charge in [0.1, 0.15) is 0 Å². The molecule has 1 N–H and O–H groups in total. The molecule has 1 aliphatic carbocycles. The summed E-state index contributed by atoms with van der Waals surface area (Å²) in [4.78, 5) is 27.7. The van der Waals surface area contributed by atoms with E-state index in [4.69, 9.17) is 14.2 Å². The van der Waals surface area contributed by atoms with Gasteiger partial charge in [-0.1, -0.05) is 6.07 Å². The highest BCUT2D eigenvalue weighted by molar-refractivity contribution is 5.95. The number of urea groups is 1. The van der Waals surface area contributed by atoms with Crippen molar-refractivity contribution in [2.24, 2.45) is 0 Å². The third-order valence-corrected chi connectivity index (χ3v) is 6.54. The molecule has 1 aromatic rings. The van der Waals surface area contributed by atoms with Crippen molar-refractivity contribution in [2.45, 2.75) is 44.2 Å². The zero-order valence-electron chi connectivity index (χ0n) is 19.0. The molecule has 0 bridgehead atoms. The molecule has 0 radical (unpaired) electrons. The van der Waals surface area contributed by atoms with Crippen molar-refractivity contribution in [3.8, 4) is 11.5 Å². The number of carbonyl (C=O) groups is 2. The zero-order chi connectivity index (χ0) is 22.5. The predicted molar refractivity (Wildman–Crippen MR) is 119 cm³/mol. The normalized spacial score (nSPS) is 23.0. The number of carbonyl (C=O) groups excluding carboxylic acids is 2. The molecule has 176 valence electrons. The number of morpholine rings is 1. The first-order valence-corrected chi connectivity index (χ1v) is 11.5. The van der Waals surface area contributed by atoms with E-state index in [1.54, 1.807) is 19.2 Å². The van der Waals surface area contributed by atoms with E-state index in [0.717, 1.165) is 51.3 Å². The number of hydrogen-bond acceptors (Lipinski definition) is 7. The molecule has 1 unspecified atom stereocenters. The lowest BCUT2D eigenvalue weighted by molar-refractivity contribution is -0.131. The summed E-state index contributed by atoms with van der Waals surface area (Å²) in [6, 6.07) is 5.15. The minimum Gasteiger partial charge on any atom is -0.493 e. The maximum absolute atomic E-state index is 12.7. The highest BCUT2D eigenvalue weighted by Gasteiger charge is 2.40.